The third kappa shape index (κ3) is 5.12. The number of nitrogens with zero attached hydrogens (tertiary/aromatic N) is 1. The molecule has 2 rings (SSSR count). The number of hydrogen-bond acceptors (Lipinski definition) is 5. The number of carboxylic acid groups (broad SMARTS) is 1. The quantitative estimate of drug-likeness (QED) is 0.591. The van der Waals surface area contributed by atoms with Crippen molar-refractivity contribution in [3.63, 3.8) is 0 Å². The van der Waals surface area contributed by atoms with Gasteiger partial charge in [0.25, 0.3) is 12.0 Å². The maximum atomic E-state index is 12.7. The number of benzene rings is 1. The summed E-state index contributed by atoms with van der Waals surface area (Å²) in [6, 6.07) is 6.75. The summed E-state index contributed by atoms with van der Waals surface area (Å²) in [5.41, 5.74) is 2.95. The Bertz CT molecular complexity index is 714. The number of carbonyl (C=O) groups excluding carboxylic acids is 2. The minimum absolute atomic E-state index is 0.0610. The lowest BCUT2D eigenvalue weighted by atomic mass is 10.2. The molecule has 2 N–H and O–H groups in total. The van der Waals surface area contributed by atoms with Crippen LogP contribution in [0.15, 0.2) is 24.3 Å². The lowest BCUT2D eigenvalue weighted by Gasteiger charge is -2.36. The van der Waals surface area contributed by atoms with Gasteiger partial charge in [0, 0.05) is 18.4 Å². The molecular formula is C20H32N2O5Si. The monoisotopic (exact) mass is 408 g/mol. The van der Waals surface area contributed by atoms with Gasteiger partial charge in [0.15, 0.2) is 0 Å². The molecule has 0 aliphatic carbocycles. The fourth-order valence-electron chi connectivity index (χ4n) is 2.94. The second-order valence-corrected chi connectivity index (χ2v) is 13.8. The van der Waals surface area contributed by atoms with Crippen LogP contribution in [0.4, 0.5) is 4.79 Å². The Morgan fingerprint density at radius 3 is 2.32 bits per heavy atom. The number of rotatable bonds is 3. The van der Waals surface area contributed by atoms with Gasteiger partial charge in [-0.05, 0) is 48.8 Å². The van der Waals surface area contributed by atoms with Gasteiger partial charge in [-0.3, -0.25) is 4.79 Å². The number of amides is 2. The number of aliphatic hydroxyl groups excluding tert-OH is 1. The lowest BCUT2D eigenvalue weighted by molar-refractivity contribution is -0.908. The molecular weight excluding hydrogens is 376 g/mol. The first-order chi connectivity index (χ1) is 12.9. The highest BCUT2D eigenvalue weighted by molar-refractivity contribution is 6.74. The van der Waals surface area contributed by atoms with Crippen molar-refractivity contribution in [2.45, 2.75) is 64.3 Å². The standard InChI is InChI=1S/C20H32N2O5Si/c1-20(2,3)28(4,5)27-17-10-8-15(9-11-17)18(24)21-22(19(25)26)13-6-7-16(23)12-14-22/h8-11,16,23H,6-7,12-14H2,1-5H3,(H-,21,24,25,26). The van der Waals surface area contributed by atoms with E-state index < -0.39 is 31.0 Å². The number of aliphatic hydroxyl groups is 1. The molecule has 8 heteroatoms. The van der Waals surface area contributed by atoms with Gasteiger partial charge in [-0.25, -0.2) is 0 Å². The highest BCUT2D eigenvalue weighted by Crippen LogP contribution is 2.37. The number of likely N-dealkylation sites (tertiary alicyclic amines) is 1. The van der Waals surface area contributed by atoms with E-state index in [9.17, 15) is 19.8 Å². The van der Waals surface area contributed by atoms with Crippen LogP contribution in [0.1, 0.15) is 50.4 Å². The average Bonchev–Trinajstić information content (AvgIpc) is 2.77. The minimum atomic E-state index is -1.98. The van der Waals surface area contributed by atoms with Crippen LogP contribution in [0.2, 0.25) is 18.1 Å². The first kappa shape index (κ1) is 22.4. The Kier molecular flexibility index (Phi) is 6.57. The molecule has 1 saturated heterocycles. The van der Waals surface area contributed by atoms with E-state index >= 15 is 0 Å². The second-order valence-electron chi connectivity index (χ2n) is 9.09. The highest BCUT2D eigenvalue weighted by atomic mass is 28.4. The zero-order chi connectivity index (χ0) is 21.2. The first-order valence-electron chi connectivity index (χ1n) is 9.75. The van der Waals surface area contributed by atoms with Gasteiger partial charge in [0.2, 0.25) is 8.32 Å². The van der Waals surface area contributed by atoms with Crippen molar-refractivity contribution in [3.05, 3.63) is 29.8 Å². The van der Waals surface area contributed by atoms with E-state index in [1.165, 1.54) is 0 Å². The van der Waals surface area contributed by atoms with Crippen molar-refractivity contribution in [1.82, 2.24) is 5.43 Å². The van der Waals surface area contributed by atoms with E-state index in [-0.39, 0.29) is 18.1 Å². The predicted octanol–water partition coefficient (Wildman–Crippen LogP) is 2.42. The molecule has 1 aromatic rings. The molecule has 28 heavy (non-hydrogen) atoms. The molecule has 2 amide bonds. The number of nitrogens with one attached hydrogen (secondary N) is 1. The molecule has 1 heterocycles. The van der Waals surface area contributed by atoms with Crippen LogP contribution >= 0.6 is 0 Å². The molecule has 1 fully saturated rings. The maximum absolute atomic E-state index is 12.7. The van der Waals surface area contributed by atoms with E-state index in [1.807, 2.05) is 0 Å². The molecule has 1 aliphatic heterocycles. The summed E-state index contributed by atoms with van der Waals surface area (Å²) in [6.45, 7) is 11.1. The Morgan fingerprint density at radius 2 is 1.79 bits per heavy atom. The number of quaternary nitrogens is 1. The van der Waals surface area contributed by atoms with Crippen LogP contribution in [-0.2, 0) is 0 Å². The van der Waals surface area contributed by atoms with Crippen LogP contribution < -0.4 is 15.0 Å². The van der Waals surface area contributed by atoms with Crippen molar-refractivity contribution in [3.8, 4) is 5.75 Å². The smallest absolute Gasteiger partial charge is 0.296 e. The van der Waals surface area contributed by atoms with Crippen molar-refractivity contribution < 1.29 is 28.8 Å². The van der Waals surface area contributed by atoms with Crippen LogP contribution in [0, 0.1) is 0 Å². The second kappa shape index (κ2) is 8.22. The van der Waals surface area contributed by atoms with Crippen molar-refractivity contribution in [2.75, 3.05) is 13.1 Å². The average molecular weight is 409 g/mol. The maximum Gasteiger partial charge on any atom is 0.296 e. The molecule has 1 aromatic carbocycles. The van der Waals surface area contributed by atoms with Gasteiger partial charge in [0.05, 0.1) is 6.10 Å². The molecule has 0 spiro atoms. The van der Waals surface area contributed by atoms with E-state index in [0.717, 1.165) is 0 Å². The van der Waals surface area contributed by atoms with Gasteiger partial charge in [-0.1, -0.05) is 20.8 Å². The van der Waals surface area contributed by atoms with Crippen LogP contribution in [0.5, 0.6) is 5.75 Å². The normalized spacial score (nSPS) is 23.6. The molecule has 1 aliphatic rings. The molecule has 0 radical (unpaired) electrons. The molecule has 7 nitrogen and oxygen atoms in total. The number of carbonyl (C=O) groups is 2. The summed E-state index contributed by atoms with van der Waals surface area (Å²) in [5, 5.41) is 21.6. The molecule has 2 unspecified atom stereocenters. The van der Waals surface area contributed by atoms with Gasteiger partial charge in [-0.2, -0.15) is 10.0 Å². The Balaban J connectivity index is 2.12. The van der Waals surface area contributed by atoms with Crippen molar-refractivity contribution in [2.24, 2.45) is 0 Å². The third-order valence-electron chi connectivity index (χ3n) is 5.88. The van der Waals surface area contributed by atoms with Gasteiger partial charge >= 0.3 is 0 Å². The van der Waals surface area contributed by atoms with Crippen molar-refractivity contribution >= 4 is 20.3 Å². The topological polar surface area (TPSA) is 98.7 Å². The van der Waals surface area contributed by atoms with Crippen LogP contribution in [0.3, 0.4) is 0 Å². The molecule has 0 saturated carbocycles. The summed E-state index contributed by atoms with van der Waals surface area (Å²) < 4.78 is 5.54. The third-order valence-corrected chi connectivity index (χ3v) is 10.2. The van der Waals surface area contributed by atoms with Gasteiger partial charge in [0.1, 0.15) is 18.8 Å². The van der Waals surface area contributed by atoms with Crippen LogP contribution in [0.25, 0.3) is 0 Å². The van der Waals surface area contributed by atoms with Crippen molar-refractivity contribution in [1.29, 1.82) is 0 Å². The largest absolute Gasteiger partial charge is 0.544 e. The predicted molar refractivity (Wildman–Crippen MR) is 107 cm³/mol. The summed E-state index contributed by atoms with van der Waals surface area (Å²) >= 11 is 0. The Labute approximate surface area is 168 Å². The fraction of sp³-hybridized carbons (Fsp3) is 0.600. The molecule has 156 valence electrons. The fourth-order valence-corrected chi connectivity index (χ4v) is 3.97. The summed E-state index contributed by atoms with van der Waals surface area (Å²) in [5.74, 6) is 0.212. The summed E-state index contributed by atoms with van der Waals surface area (Å²) in [6.07, 6.45) is -0.603. The van der Waals surface area contributed by atoms with E-state index in [1.54, 1.807) is 24.3 Å². The van der Waals surface area contributed by atoms with Crippen LogP contribution in [-0.4, -0.2) is 49.2 Å². The molecule has 2 atom stereocenters. The zero-order valence-electron chi connectivity index (χ0n) is 17.4. The van der Waals surface area contributed by atoms with E-state index in [0.29, 0.717) is 30.6 Å². The molecule has 0 bridgehead atoms. The SMILES string of the molecule is CC(C)(C)[Si](C)(C)Oc1ccc(C(=O)N[N+]2(C(=O)[O-])CCCC(O)CC2)cc1. The zero-order valence-corrected chi connectivity index (χ0v) is 18.4. The Hall–Kier alpha value is -1.90. The van der Waals surface area contributed by atoms with E-state index in [4.69, 9.17) is 4.43 Å². The Morgan fingerprint density at radius 1 is 1.18 bits per heavy atom. The molecule has 0 aromatic heterocycles. The minimum Gasteiger partial charge on any atom is -0.544 e. The highest BCUT2D eigenvalue weighted by Gasteiger charge is 2.39. The first-order valence-corrected chi connectivity index (χ1v) is 12.7. The van der Waals surface area contributed by atoms with Gasteiger partial charge in [-0.15, -0.1) is 0 Å². The number of hydrogen-bond donors (Lipinski definition) is 2. The van der Waals surface area contributed by atoms with Gasteiger partial charge < -0.3 is 19.4 Å². The van der Waals surface area contributed by atoms with E-state index in [2.05, 4.69) is 39.3 Å². The summed E-state index contributed by atoms with van der Waals surface area (Å²) in [4.78, 5) is 24.4. The summed E-state index contributed by atoms with van der Waals surface area (Å²) in [7, 11) is -1.98. The lowest BCUT2D eigenvalue weighted by Crippen LogP contribution is -2.68.